The molecule has 0 bridgehead atoms. The van der Waals surface area contributed by atoms with Crippen molar-refractivity contribution in [2.45, 2.75) is 39.3 Å². The van der Waals surface area contributed by atoms with Crippen LogP contribution < -0.4 is 10.6 Å². The molecule has 0 saturated carbocycles. The number of hydrogen-bond acceptors (Lipinski definition) is 6. The minimum Gasteiger partial charge on any atom is -0.338 e. The van der Waals surface area contributed by atoms with Crippen LogP contribution in [0.1, 0.15) is 47.1 Å². The van der Waals surface area contributed by atoms with Crippen molar-refractivity contribution in [3.8, 4) is 0 Å². The number of thiazole rings is 1. The second kappa shape index (κ2) is 6.91. The molecule has 2 atom stereocenters. The van der Waals surface area contributed by atoms with Crippen LogP contribution in [0.25, 0.3) is 0 Å². The first-order valence-corrected chi connectivity index (χ1v) is 10.0. The van der Waals surface area contributed by atoms with Gasteiger partial charge in [-0.15, -0.1) is 11.3 Å². The molecule has 9 nitrogen and oxygen atoms in total. The monoisotopic (exact) mass is 389 g/mol. The predicted octanol–water partition coefficient (Wildman–Crippen LogP) is 1.34. The largest absolute Gasteiger partial charge is 0.338 e. The summed E-state index contributed by atoms with van der Waals surface area (Å²) < 4.78 is 1.84. The maximum Gasteiger partial charge on any atom is 0.315 e. The van der Waals surface area contributed by atoms with Gasteiger partial charge in [-0.1, -0.05) is 0 Å². The van der Waals surface area contributed by atoms with E-state index >= 15 is 0 Å². The third kappa shape index (κ3) is 3.18. The smallest absolute Gasteiger partial charge is 0.315 e. The number of likely N-dealkylation sites (tertiary alicyclic amines) is 1. The van der Waals surface area contributed by atoms with Crippen LogP contribution in [0.2, 0.25) is 0 Å². The fourth-order valence-corrected chi connectivity index (χ4v) is 4.70. The van der Waals surface area contributed by atoms with Gasteiger partial charge in [-0.25, -0.2) is 19.4 Å². The van der Waals surface area contributed by atoms with Crippen LogP contribution >= 0.6 is 11.3 Å². The van der Waals surface area contributed by atoms with E-state index in [1.54, 1.807) is 0 Å². The average Bonchev–Trinajstić information content (AvgIpc) is 3.37. The standard InChI is InChI=1S/C17H23N7O2S/c1-3-18-16(26)22-13-14-19-10-20-24(14)7-5-17(13)4-6-23(9-17)15(25)12-8-27-11(2)21-12/h8,10,13H,3-7,9H2,1-2H3,(H2,18,22,26)/t13-,17-/m0/s1. The van der Waals surface area contributed by atoms with Crippen molar-refractivity contribution in [1.29, 1.82) is 0 Å². The third-order valence-electron chi connectivity index (χ3n) is 5.46. The number of fused-ring (bicyclic) bond motifs is 1. The van der Waals surface area contributed by atoms with Crippen molar-refractivity contribution < 1.29 is 9.59 Å². The molecule has 1 saturated heterocycles. The van der Waals surface area contributed by atoms with Crippen molar-refractivity contribution in [2.75, 3.05) is 19.6 Å². The maximum absolute atomic E-state index is 12.9. The number of aromatic nitrogens is 4. The zero-order valence-corrected chi connectivity index (χ0v) is 16.3. The van der Waals surface area contributed by atoms with E-state index in [-0.39, 0.29) is 23.4 Å². The Labute approximate surface area is 161 Å². The fraction of sp³-hybridized carbons (Fsp3) is 0.588. The quantitative estimate of drug-likeness (QED) is 0.824. The second-order valence-corrected chi connectivity index (χ2v) is 8.18. The molecule has 144 valence electrons. The van der Waals surface area contributed by atoms with Gasteiger partial charge >= 0.3 is 6.03 Å². The molecular weight excluding hydrogens is 366 g/mol. The molecule has 1 spiro atoms. The van der Waals surface area contributed by atoms with Crippen LogP contribution in [0.5, 0.6) is 0 Å². The van der Waals surface area contributed by atoms with Crippen LogP contribution in [0.3, 0.4) is 0 Å². The number of nitrogens with zero attached hydrogens (tertiary/aromatic N) is 5. The van der Waals surface area contributed by atoms with Gasteiger partial charge < -0.3 is 15.5 Å². The van der Waals surface area contributed by atoms with E-state index in [1.807, 2.05) is 28.8 Å². The van der Waals surface area contributed by atoms with Crippen molar-refractivity contribution >= 4 is 23.3 Å². The Morgan fingerprint density at radius 3 is 2.93 bits per heavy atom. The molecule has 2 N–H and O–H groups in total. The summed E-state index contributed by atoms with van der Waals surface area (Å²) in [6.07, 6.45) is 3.17. The number of urea groups is 1. The van der Waals surface area contributed by atoms with Crippen molar-refractivity contribution in [3.63, 3.8) is 0 Å². The molecule has 3 amide bonds. The summed E-state index contributed by atoms with van der Waals surface area (Å²) in [4.78, 5) is 35.7. The first kappa shape index (κ1) is 17.9. The first-order valence-electron chi connectivity index (χ1n) is 9.16. The van der Waals surface area contributed by atoms with Gasteiger partial charge in [0.25, 0.3) is 5.91 Å². The molecule has 2 aromatic rings. The molecule has 4 rings (SSSR count). The Morgan fingerprint density at radius 2 is 2.19 bits per heavy atom. The van der Waals surface area contributed by atoms with E-state index in [1.165, 1.54) is 17.7 Å². The SMILES string of the molecule is CCNC(=O)N[C@H]1c2ncnn2CC[C@]12CCN(C(=O)c1csc(C)n1)C2. The number of carbonyl (C=O) groups is 2. The topological polar surface area (TPSA) is 105 Å². The molecule has 0 aromatic carbocycles. The normalized spacial score (nSPS) is 24.1. The second-order valence-electron chi connectivity index (χ2n) is 7.12. The summed E-state index contributed by atoms with van der Waals surface area (Å²) >= 11 is 1.48. The van der Waals surface area contributed by atoms with E-state index in [2.05, 4.69) is 25.7 Å². The molecule has 4 heterocycles. The Morgan fingerprint density at radius 1 is 1.37 bits per heavy atom. The van der Waals surface area contributed by atoms with Crippen molar-refractivity contribution in [2.24, 2.45) is 5.41 Å². The molecular formula is C17H23N7O2S. The Balaban J connectivity index is 1.59. The highest BCUT2D eigenvalue weighted by atomic mass is 32.1. The highest BCUT2D eigenvalue weighted by Crippen LogP contribution is 2.47. The zero-order chi connectivity index (χ0) is 19.0. The Hall–Kier alpha value is -2.49. The minimum atomic E-state index is -0.282. The summed E-state index contributed by atoms with van der Waals surface area (Å²) in [5.74, 6) is 0.714. The number of hydrogen-bond donors (Lipinski definition) is 2. The molecule has 2 aliphatic rings. The lowest BCUT2D eigenvalue weighted by atomic mass is 9.74. The fourth-order valence-electron chi connectivity index (χ4n) is 4.11. The van der Waals surface area contributed by atoms with Gasteiger partial charge in [0.05, 0.1) is 11.0 Å². The van der Waals surface area contributed by atoms with Gasteiger partial charge in [0.15, 0.2) is 0 Å². The highest BCUT2D eigenvalue weighted by molar-refractivity contribution is 7.09. The predicted molar refractivity (Wildman–Crippen MR) is 99.4 cm³/mol. The maximum atomic E-state index is 12.9. The number of nitrogens with one attached hydrogen (secondary N) is 2. The average molecular weight is 389 g/mol. The molecule has 0 aliphatic carbocycles. The minimum absolute atomic E-state index is 0.0416. The summed E-state index contributed by atoms with van der Waals surface area (Å²) in [6.45, 7) is 6.29. The lowest BCUT2D eigenvalue weighted by Crippen LogP contribution is -2.50. The summed E-state index contributed by atoms with van der Waals surface area (Å²) in [5, 5.41) is 12.8. The van der Waals surface area contributed by atoms with Crippen LogP contribution in [0.4, 0.5) is 4.79 Å². The number of aryl methyl sites for hydroxylation is 2. The molecule has 27 heavy (non-hydrogen) atoms. The molecule has 1 fully saturated rings. The number of carbonyl (C=O) groups excluding carboxylic acids is 2. The Bertz CT molecular complexity index is 863. The molecule has 0 unspecified atom stereocenters. The van der Waals surface area contributed by atoms with Crippen LogP contribution in [0.15, 0.2) is 11.7 Å². The molecule has 2 aliphatic heterocycles. The zero-order valence-electron chi connectivity index (χ0n) is 15.4. The van der Waals surface area contributed by atoms with E-state index in [9.17, 15) is 9.59 Å². The van der Waals surface area contributed by atoms with Gasteiger partial charge in [-0.2, -0.15) is 5.10 Å². The van der Waals surface area contributed by atoms with E-state index in [0.717, 1.165) is 30.2 Å². The van der Waals surface area contributed by atoms with Crippen molar-refractivity contribution in [1.82, 2.24) is 35.3 Å². The van der Waals surface area contributed by atoms with Gasteiger partial charge in [0, 0.05) is 37.0 Å². The lowest BCUT2D eigenvalue weighted by molar-refractivity contribution is 0.0729. The summed E-state index contributed by atoms with van der Waals surface area (Å²) in [7, 11) is 0. The summed E-state index contributed by atoms with van der Waals surface area (Å²) in [6, 6.07) is -0.506. The van der Waals surface area contributed by atoms with Gasteiger partial charge in [0.1, 0.15) is 17.8 Å². The lowest BCUT2D eigenvalue weighted by Gasteiger charge is -2.40. The first-order chi connectivity index (χ1) is 13.0. The molecule has 0 radical (unpaired) electrons. The van der Waals surface area contributed by atoms with Crippen LogP contribution in [-0.4, -0.2) is 56.2 Å². The van der Waals surface area contributed by atoms with E-state index in [0.29, 0.717) is 25.3 Å². The number of rotatable bonds is 3. The van der Waals surface area contributed by atoms with Crippen LogP contribution in [0, 0.1) is 12.3 Å². The van der Waals surface area contributed by atoms with Gasteiger partial charge in [0.2, 0.25) is 0 Å². The summed E-state index contributed by atoms with van der Waals surface area (Å²) in [5.41, 5.74) is 0.260. The molecule has 10 heteroatoms. The molecule has 2 aromatic heterocycles. The number of amides is 3. The highest BCUT2D eigenvalue weighted by Gasteiger charge is 2.51. The van der Waals surface area contributed by atoms with Gasteiger partial charge in [-0.3, -0.25) is 4.79 Å². The van der Waals surface area contributed by atoms with Crippen LogP contribution in [-0.2, 0) is 6.54 Å². The third-order valence-corrected chi connectivity index (χ3v) is 6.23. The van der Waals surface area contributed by atoms with E-state index in [4.69, 9.17) is 0 Å². The van der Waals surface area contributed by atoms with Crippen molar-refractivity contribution in [3.05, 3.63) is 28.2 Å². The van der Waals surface area contributed by atoms with Gasteiger partial charge in [-0.05, 0) is 26.7 Å². The Kier molecular flexibility index (Phi) is 4.58. The van der Waals surface area contributed by atoms with E-state index < -0.39 is 0 Å².